The normalized spacial score (nSPS) is 13.8. The molecule has 178 valence electrons. The first-order valence-electron chi connectivity index (χ1n) is 10.2. The monoisotopic (exact) mass is 477 g/mol. The lowest BCUT2D eigenvalue weighted by atomic mass is 10.1. The highest BCUT2D eigenvalue weighted by Gasteiger charge is 2.23. The van der Waals surface area contributed by atoms with Crippen molar-refractivity contribution in [1.82, 2.24) is 4.90 Å². The van der Waals surface area contributed by atoms with E-state index in [0.717, 1.165) is 10.6 Å². The molecule has 1 N–H and O–H groups in total. The lowest BCUT2D eigenvalue weighted by molar-refractivity contribution is -0.114. The Balaban J connectivity index is 1.73. The molecule has 0 unspecified atom stereocenters. The summed E-state index contributed by atoms with van der Waals surface area (Å²) in [6.45, 7) is 1.55. The third kappa shape index (κ3) is 6.14. The molecular formula is C22H27N3O7S. The van der Waals surface area contributed by atoms with Gasteiger partial charge in [0.25, 0.3) is 5.91 Å². The largest absolute Gasteiger partial charge is 0.493 e. The van der Waals surface area contributed by atoms with Crippen LogP contribution in [0.1, 0.15) is 10.4 Å². The fourth-order valence-electron chi connectivity index (χ4n) is 3.36. The van der Waals surface area contributed by atoms with E-state index in [1.807, 2.05) is 0 Å². The van der Waals surface area contributed by atoms with Gasteiger partial charge in [0.1, 0.15) is 6.54 Å². The molecule has 0 spiro atoms. The molecule has 0 radical (unpaired) electrons. The van der Waals surface area contributed by atoms with Crippen LogP contribution < -0.4 is 19.1 Å². The van der Waals surface area contributed by atoms with E-state index in [9.17, 15) is 18.0 Å². The van der Waals surface area contributed by atoms with E-state index < -0.39 is 22.5 Å². The van der Waals surface area contributed by atoms with Crippen molar-refractivity contribution in [2.24, 2.45) is 0 Å². The topological polar surface area (TPSA) is 114 Å². The van der Waals surface area contributed by atoms with Crippen molar-refractivity contribution in [3.8, 4) is 11.5 Å². The Morgan fingerprint density at radius 2 is 1.67 bits per heavy atom. The second-order valence-corrected chi connectivity index (χ2v) is 9.25. The highest BCUT2D eigenvalue weighted by molar-refractivity contribution is 7.92. The molecule has 1 heterocycles. The number of methoxy groups -OCH3 is 2. The predicted octanol–water partition coefficient (Wildman–Crippen LogP) is 1.58. The van der Waals surface area contributed by atoms with Gasteiger partial charge in [0.05, 0.1) is 39.4 Å². The molecule has 2 amide bonds. The van der Waals surface area contributed by atoms with Crippen molar-refractivity contribution in [2.75, 3.05) is 62.9 Å². The van der Waals surface area contributed by atoms with Crippen molar-refractivity contribution in [2.45, 2.75) is 0 Å². The van der Waals surface area contributed by atoms with Crippen LogP contribution in [0.5, 0.6) is 11.5 Å². The Bertz CT molecular complexity index is 1100. The van der Waals surface area contributed by atoms with E-state index in [2.05, 4.69) is 5.32 Å². The van der Waals surface area contributed by atoms with Gasteiger partial charge in [0.2, 0.25) is 15.9 Å². The number of ether oxygens (including phenoxy) is 3. The molecule has 0 aliphatic carbocycles. The van der Waals surface area contributed by atoms with Crippen LogP contribution in [0.15, 0.2) is 42.5 Å². The smallest absolute Gasteiger partial charge is 0.254 e. The summed E-state index contributed by atoms with van der Waals surface area (Å²) in [6.07, 6.45) is 1.02. The molecule has 11 heteroatoms. The maximum absolute atomic E-state index is 12.6. The molecule has 0 atom stereocenters. The quantitative estimate of drug-likeness (QED) is 0.614. The van der Waals surface area contributed by atoms with Crippen LogP contribution in [0, 0.1) is 0 Å². The second-order valence-electron chi connectivity index (χ2n) is 7.34. The van der Waals surface area contributed by atoms with Crippen molar-refractivity contribution in [1.29, 1.82) is 0 Å². The molecule has 3 rings (SSSR count). The molecule has 0 aromatic heterocycles. The van der Waals surface area contributed by atoms with Crippen LogP contribution in [0.4, 0.5) is 11.4 Å². The van der Waals surface area contributed by atoms with Gasteiger partial charge < -0.3 is 24.4 Å². The van der Waals surface area contributed by atoms with E-state index in [1.54, 1.807) is 35.2 Å². The van der Waals surface area contributed by atoms with Gasteiger partial charge in [-0.1, -0.05) is 0 Å². The molecule has 1 aliphatic heterocycles. The number of morpholine rings is 1. The van der Waals surface area contributed by atoms with E-state index in [0.29, 0.717) is 49.1 Å². The summed E-state index contributed by atoms with van der Waals surface area (Å²) < 4.78 is 41.4. The average Bonchev–Trinajstić information content (AvgIpc) is 2.82. The third-order valence-corrected chi connectivity index (χ3v) is 6.20. The molecule has 0 bridgehead atoms. The maximum Gasteiger partial charge on any atom is 0.254 e. The van der Waals surface area contributed by atoms with E-state index >= 15 is 0 Å². The van der Waals surface area contributed by atoms with Gasteiger partial charge in [-0.15, -0.1) is 0 Å². The lowest BCUT2D eigenvalue weighted by Crippen LogP contribution is -2.40. The zero-order valence-electron chi connectivity index (χ0n) is 18.7. The number of nitrogens with zero attached hydrogens (tertiary/aromatic N) is 2. The minimum atomic E-state index is -3.77. The van der Waals surface area contributed by atoms with Crippen molar-refractivity contribution >= 4 is 33.2 Å². The second kappa shape index (κ2) is 10.5. The van der Waals surface area contributed by atoms with Crippen molar-refractivity contribution in [3.05, 3.63) is 48.0 Å². The number of amides is 2. The van der Waals surface area contributed by atoms with Crippen LogP contribution >= 0.6 is 0 Å². The first-order valence-corrected chi connectivity index (χ1v) is 12.0. The Morgan fingerprint density at radius 3 is 2.24 bits per heavy atom. The number of sulfonamides is 1. The van der Waals surface area contributed by atoms with Gasteiger partial charge in [-0.25, -0.2) is 8.42 Å². The summed E-state index contributed by atoms with van der Waals surface area (Å²) in [5, 5.41) is 2.66. The molecule has 1 fully saturated rings. The lowest BCUT2D eigenvalue weighted by Gasteiger charge is -2.27. The summed E-state index contributed by atoms with van der Waals surface area (Å²) in [6, 6.07) is 11.0. The highest BCUT2D eigenvalue weighted by Crippen LogP contribution is 2.29. The third-order valence-electron chi connectivity index (χ3n) is 5.06. The molecule has 2 aromatic rings. The molecule has 10 nitrogen and oxygen atoms in total. The zero-order valence-corrected chi connectivity index (χ0v) is 19.6. The highest BCUT2D eigenvalue weighted by atomic mass is 32.2. The first-order chi connectivity index (χ1) is 15.7. The van der Waals surface area contributed by atoms with Crippen LogP contribution in [-0.4, -0.2) is 78.5 Å². The molecule has 0 saturated carbocycles. The maximum atomic E-state index is 12.6. The zero-order chi connectivity index (χ0) is 24.0. The van der Waals surface area contributed by atoms with Crippen LogP contribution in [0.2, 0.25) is 0 Å². The van der Waals surface area contributed by atoms with Crippen LogP contribution in [0.25, 0.3) is 0 Å². The summed E-state index contributed by atoms with van der Waals surface area (Å²) in [5.41, 5.74) is 1.14. The fourth-order valence-corrected chi connectivity index (χ4v) is 4.22. The van der Waals surface area contributed by atoms with Gasteiger partial charge in [-0.05, 0) is 36.4 Å². The summed E-state index contributed by atoms with van der Waals surface area (Å²) in [5.74, 6) is 0.235. The molecule has 1 saturated heterocycles. The van der Waals surface area contributed by atoms with E-state index in [1.165, 1.54) is 26.4 Å². The summed E-state index contributed by atoms with van der Waals surface area (Å²) in [4.78, 5) is 26.9. The minimum absolute atomic E-state index is 0.151. The Kier molecular flexibility index (Phi) is 7.77. The number of carbonyl (C=O) groups is 2. The predicted molar refractivity (Wildman–Crippen MR) is 124 cm³/mol. The summed E-state index contributed by atoms with van der Waals surface area (Å²) in [7, 11) is -0.792. The van der Waals surface area contributed by atoms with Crippen LogP contribution in [-0.2, 0) is 19.6 Å². The number of hydrogen-bond donors (Lipinski definition) is 1. The SMILES string of the molecule is COc1ccc(NC(=O)CN(c2ccc(C(=O)N3CCOCC3)cc2)S(C)(=O)=O)cc1OC. The molecule has 1 aliphatic rings. The fraction of sp³-hybridized carbons (Fsp3) is 0.364. The molecule has 2 aromatic carbocycles. The standard InChI is InChI=1S/C22H27N3O7S/c1-30-19-9-6-17(14-20(19)31-2)23-21(26)15-25(33(3,28)29)18-7-4-16(5-8-18)22(27)24-10-12-32-13-11-24/h4-9,14H,10-13,15H2,1-3H3,(H,23,26). The van der Waals surface area contributed by atoms with E-state index in [4.69, 9.17) is 14.2 Å². The van der Waals surface area contributed by atoms with Gasteiger partial charge in [0.15, 0.2) is 11.5 Å². The number of rotatable bonds is 8. The Labute approximate surface area is 193 Å². The number of anilines is 2. The number of nitrogens with one attached hydrogen (secondary N) is 1. The van der Waals surface area contributed by atoms with Gasteiger partial charge in [0, 0.05) is 30.4 Å². The minimum Gasteiger partial charge on any atom is -0.493 e. The van der Waals surface area contributed by atoms with Gasteiger partial charge in [-0.2, -0.15) is 0 Å². The summed E-state index contributed by atoms with van der Waals surface area (Å²) >= 11 is 0. The van der Waals surface area contributed by atoms with Gasteiger partial charge in [-0.3, -0.25) is 13.9 Å². The average molecular weight is 478 g/mol. The number of carbonyl (C=O) groups excluding carboxylic acids is 2. The van der Waals surface area contributed by atoms with Crippen LogP contribution in [0.3, 0.4) is 0 Å². The molecular weight excluding hydrogens is 450 g/mol. The van der Waals surface area contributed by atoms with Crippen molar-refractivity contribution < 1.29 is 32.2 Å². The number of hydrogen-bond acceptors (Lipinski definition) is 7. The Morgan fingerprint density at radius 1 is 1.03 bits per heavy atom. The van der Waals surface area contributed by atoms with E-state index in [-0.39, 0.29) is 11.6 Å². The van der Waals surface area contributed by atoms with Gasteiger partial charge >= 0.3 is 0 Å². The molecule has 33 heavy (non-hydrogen) atoms. The number of benzene rings is 2. The first kappa shape index (κ1) is 24.3. The Hall–Kier alpha value is -3.31. The van der Waals surface area contributed by atoms with Crippen molar-refractivity contribution in [3.63, 3.8) is 0 Å².